The van der Waals surface area contributed by atoms with Gasteiger partial charge in [-0.3, -0.25) is 4.79 Å². The van der Waals surface area contributed by atoms with Crippen LogP contribution in [0.1, 0.15) is 15.9 Å². The summed E-state index contributed by atoms with van der Waals surface area (Å²) >= 11 is 0. The Labute approximate surface area is 129 Å². The summed E-state index contributed by atoms with van der Waals surface area (Å²) < 4.78 is 22.3. The summed E-state index contributed by atoms with van der Waals surface area (Å²) in [6.07, 6.45) is 6.60. The van der Waals surface area contributed by atoms with Gasteiger partial charge in [-0.2, -0.15) is 0 Å². The first-order chi connectivity index (χ1) is 10.5. The SMILES string of the molecule is NS(=O)(=O)c1ccc(/C=C\C=C\C(=O)c2ccccc2)cc1. The van der Waals surface area contributed by atoms with Gasteiger partial charge in [0.25, 0.3) is 0 Å². The van der Waals surface area contributed by atoms with Gasteiger partial charge in [0.1, 0.15) is 0 Å². The number of benzene rings is 2. The summed E-state index contributed by atoms with van der Waals surface area (Å²) in [4.78, 5) is 11.9. The van der Waals surface area contributed by atoms with Crippen LogP contribution in [-0.2, 0) is 10.0 Å². The summed E-state index contributed by atoms with van der Waals surface area (Å²) in [5.41, 5.74) is 1.44. The fraction of sp³-hybridized carbons (Fsp3) is 0. The highest BCUT2D eigenvalue weighted by molar-refractivity contribution is 7.89. The lowest BCUT2D eigenvalue weighted by atomic mass is 10.1. The average Bonchev–Trinajstić information content (AvgIpc) is 2.52. The van der Waals surface area contributed by atoms with Crippen LogP contribution in [-0.4, -0.2) is 14.2 Å². The highest BCUT2D eigenvalue weighted by Gasteiger charge is 2.05. The van der Waals surface area contributed by atoms with Crippen molar-refractivity contribution in [3.8, 4) is 0 Å². The Bertz CT molecular complexity index is 805. The molecule has 0 radical (unpaired) electrons. The maximum Gasteiger partial charge on any atom is 0.238 e. The zero-order chi connectivity index (χ0) is 16.0. The van der Waals surface area contributed by atoms with Crippen molar-refractivity contribution < 1.29 is 13.2 Å². The lowest BCUT2D eigenvalue weighted by Gasteiger charge is -1.98. The van der Waals surface area contributed by atoms with Crippen LogP contribution in [0.4, 0.5) is 0 Å². The first-order valence-electron chi connectivity index (χ1n) is 6.54. The summed E-state index contributed by atoms with van der Waals surface area (Å²) in [6.45, 7) is 0. The van der Waals surface area contributed by atoms with E-state index in [4.69, 9.17) is 5.14 Å². The molecule has 112 valence electrons. The predicted octanol–water partition coefficient (Wildman–Crippen LogP) is 2.79. The molecule has 0 saturated heterocycles. The van der Waals surface area contributed by atoms with Crippen molar-refractivity contribution in [2.45, 2.75) is 4.90 Å². The maximum atomic E-state index is 11.8. The summed E-state index contributed by atoms with van der Waals surface area (Å²) in [7, 11) is -3.67. The van der Waals surface area contributed by atoms with Crippen molar-refractivity contribution in [1.29, 1.82) is 0 Å². The Balaban J connectivity index is 2.01. The van der Waals surface area contributed by atoms with Gasteiger partial charge in [0.15, 0.2) is 5.78 Å². The van der Waals surface area contributed by atoms with Crippen LogP contribution in [0.25, 0.3) is 6.08 Å². The largest absolute Gasteiger partial charge is 0.289 e. The molecule has 4 nitrogen and oxygen atoms in total. The molecule has 2 aromatic rings. The molecule has 0 spiro atoms. The first kappa shape index (κ1) is 15.9. The van der Waals surface area contributed by atoms with Gasteiger partial charge in [0.2, 0.25) is 10.0 Å². The van der Waals surface area contributed by atoms with Gasteiger partial charge in [0, 0.05) is 5.56 Å². The van der Waals surface area contributed by atoms with E-state index in [0.29, 0.717) is 5.56 Å². The molecule has 22 heavy (non-hydrogen) atoms. The second-order valence-corrected chi connectivity index (χ2v) is 6.12. The van der Waals surface area contributed by atoms with E-state index in [1.165, 1.54) is 18.2 Å². The number of hydrogen-bond donors (Lipinski definition) is 1. The molecule has 0 atom stereocenters. The molecule has 0 aliphatic rings. The van der Waals surface area contributed by atoms with Crippen LogP contribution >= 0.6 is 0 Å². The van der Waals surface area contributed by atoms with Gasteiger partial charge >= 0.3 is 0 Å². The molecule has 0 aromatic heterocycles. The van der Waals surface area contributed by atoms with E-state index < -0.39 is 10.0 Å². The Morgan fingerprint density at radius 2 is 1.55 bits per heavy atom. The lowest BCUT2D eigenvalue weighted by molar-refractivity contribution is 0.104. The van der Waals surface area contributed by atoms with E-state index in [-0.39, 0.29) is 10.7 Å². The van der Waals surface area contributed by atoms with Crippen LogP contribution in [0, 0.1) is 0 Å². The zero-order valence-corrected chi connectivity index (χ0v) is 12.5. The summed E-state index contributed by atoms with van der Waals surface area (Å²) in [5, 5.41) is 5.02. The standard InChI is InChI=1S/C17H15NO3S/c18-22(20,21)16-12-10-14(11-13-16)6-4-5-9-17(19)15-7-2-1-3-8-15/h1-13H,(H2,18,20,21)/b6-4-,9-5+. The number of ketones is 1. The molecule has 0 unspecified atom stereocenters. The van der Waals surface area contributed by atoms with Crippen LogP contribution < -0.4 is 5.14 Å². The van der Waals surface area contributed by atoms with Gasteiger partial charge in [-0.05, 0) is 23.8 Å². The molecule has 0 aliphatic carbocycles. The molecule has 0 bridgehead atoms. The van der Waals surface area contributed by atoms with Gasteiger partial charge < -0.3 is 0 Å². The van der Waals surface area contributed by atoms with Crippen molar-refractivity contribution >= 4 is 21.9 Å². The Kier molecular flexibility index (Phi) is 5.04. The number of hydrogen-bond acceptors (Lipinski definition) is 3. The Morgan fingerprint density at radius 3 is 2.14 bits per heavy atom. The van der Waals surface area contributed by atoms with Crippen molar-refractivity contribution in [1.82, 2.24) is 0 Å². The highest BCUT2D eigenvalue weighted by Crippen LogP contribution is 2.10. The van der Waals surface area contributed by atoms with Crippen molar-refractivity contribution in [3.05, 3.63) is 84.0 Å². The average molecular weight is 313 g/mol. The second-order valence-electron chi connectivity index (χ2n) is 4.56. The van der Waals surface area contributed by atoms with Crippen LogP contribution in [0.5, 0.6) is 0 Å². The fourth-order valence-electron chi connectivity index (χ4n) is 1.78. The Hall–Kier alpha value is -2.50. The monoisotopic (exact) mass is 313 g/mol. The minimum atomic E-state index is -3.67. The van der Waals surface area contributed by atoms with E-state index in [1.54, 1.807) is 42.5 Å². The van der Waals surface area contributed by atoms with Crippen LogP contribution in [0.15, 0.2) is 77.7 Å². The maximum absolute atomic E-state index is 11.8. The molecule has 2 aromatic carbocycles. The molecule has 0 fully saturated rings. The Morgan fingerprint density at radius 1 is 0.909 bits per heavy atom. The van der Waals surface area contributed by atoms with Crippen molar-refractivity contribution in [2.75, 3.05) is 0 Å². The molecule has 0 amide bonds. The summed E-state index contributed by atoms with van der Waals surface area (Å²) in [5.74, 6) is -0.0742. The number of carbonyl (C=O) groups is 1. The molecule has 2 rings (SSSR count). The van der Waals surface area contributed by atoms with E-state index in [2.05, 4.69) is 0 Å². The lowest BCUT2D eigenvalue weighted by Crippen LogP contribution is -2.11. The predicted molar refractivity (Wildman–Crippen MR) is 86.8 cm³/mol. The molecule has 0 saturated carbocycles. The third-order valence-corrected chi connectivity index (χ3v) is 3.84. The van der Waals surface area contributed by atoms with Crippen molar-refractivity contribution in [2.24, 2.45) is 5.14 Å². The van der Waals surface area contributed by atoms with E-state index >= 15 is 0 Å². The fourth-order valence-corrected chi connectivity index (χ4v) is 2.29. The first-order valence-corrected chi connectivity index (χ1v) is 8.08. The van der Waals surface area contributed by atoms with Gasteiger partial charge in [-0.25, -0.2) is 13.6 Å². The number of nitrogens with two attached hydrogens (primary N) is 1. The topological polar surface area (TPSA) is 77.2 Å². The number of primary sulfonamides is 1. The van der Waals surface area contributed by atoms with Gasteiger partial charge in [-0.1, -0.05) is 60.7 Å². The van der Waals surface area contributed by atoms with Gasteiger partial charge in [-0.15, -0.1) is 0 Å². The number of allylic oxidation sites excluding steroid dienone is 3. The molecular formula is C17H15NO3S. The normalized spacial score (nSPS) is 12.0. The van der Waals surface area contributed by atoms with E-state index in [0.717, 1.165) is 5.56 Å². The smallest absolute Gasteiger partial charge is 0.238 e. The summed E-state index contributed by atoms with van der Waals surface area (Å²) in [6, 6.07) is 15.1. The van der Waals surface area contributed by atoms with E-state index in [9.17, 15) is 13.2 Å². The number of sulfonamides is 1. The van der Waals surface area contributed by atoms with Crippen molar-refractivity contribution in [3.63, 3.8) is 0 Å². The van der Waals surface area contributed by atoms with Crippen LogP contribution in [0.3, 0.4) is 0 Å². The molecule has 0 heterocycles. The number of rotatable bonds is 5. The molecule has 2 N–H and O–H groups in total. The third kappa shape index (κ3) is 4.51. The highest BCUT2D eigenvalue weighted by atomic mass is 32.2. The number of carbonyl (C=O) groups excluding carboxylic acids is 1. The van der Waals surface area contributed by atoms with Gasteiger partial charge in [0.05, 0.1) is 4.90 Å². The second kappa shape index (κ2) is 6.98. The zero-order valence-electron chi connectivity index (χ0n) is 11.7. The minimum Gasteiger partial charge on any atom is -0.289 e. The minimum absolute atomic E-state index is 0.0689. The van der Waals surface area contributed by atoms with Crippen LogP contribution in [0.2, 0.25) is 0 Å². The third-order valence-electron chi connectivity index (χ3n) is 2.91. The quantitative estimate of drug-likeness (QED) is 0.524. The molecular weight excluding hydrogens is 298 g/mol. The molecule has 5 heteroatoms. The molecule has 0 aliphatic heterocycles. The van der Waals surface area contributed by atoms with E-state index in [1.807, 2.05) is 18.2 Å².